The van der Waals surface area contributed by atoms with Crippen molar-refractivity contribution in [1.82, 2.24) is 10.2 Å². The zero-order chi connectivity index (χ0) is 14.4. The summed E-state index contributed by atoms with van der Waals surface area (Å²) in [6.07, 6.45) is 7.16. The van der Waals surface area contributed by atoms with Crippen LogP contribution in [0.25, 0.3) is 0 Å². The Hall–Kier alpha value is -0.160. The second-order valence-corrected chi connectivity index (χ2v) is 6.74. The molecule has 0 aromatic carbocycles. The number of rotatable bonds is 6. The summed E-state index contributed by atoms with van der Waals surface area (Å²) < 4.78 is 5.59. The van der Waals surface area contributed by atoms with E-state index in [-0.39, 0.29) is 12.1 Å². The molecule has 0 bridgehead atoms. The predicted octanol–water partition coefficient (Wildman–Crippen LogP) is 1.63. The number of nitrogens with zero attached hydrogens (tertiary/aromatic N) is 1. The number of hydrogen-bond donors (Lipinski definition) is 2. The quantitative estimate of drug-likeness (QED) is 0.778. The second-order valence-electron chi connectivity index (χ2n) is 6.74. The standard InChI is InChI=1S/C16H32N2O2/c1-3-17-16(13-19)8-4-7-15(10-16)18(2)11-14-6-5-9-20-12-14/h14-15,17,19H,3-13H2,1-2H3. The first-order valence-corrected chi connectivity index (χ1v) is 8.33. The molecule has 2 aliphatic rings. The Kier molecular flexibility index (Phi) is 6.27. The lowest BCUT2D eigenvalue weighted by atomic mass is 9.78. The van der Waals surface area contributed by atoms with Crippen LogP contribution in [0.3, 0.4) is 0 Å². The Morgan fingerprint density at radius 3 is 2.85 bits per heavy atom. The van der Waals surface area contributed by atoms with Crippen molar-refractivity contribution >= 4 is 0 Å². The highest BCUT2D eigenvalue weighted by Gasteiger charge is 2.36. The van der Waals surface area contributed by atoms with Crippen LogP contribution in [-0.4, -0.2) is 61.5 Å². The van der Waals surface area contributed by atoms with E-state index in [4.69, 9.17) is 4.74 Å². The molecule has 4 nitrogen and oxygen atoms in total. The van der Waals surface area contributed by atoms with Gasteiger partial charge in [0, 0.05) is 24.7 Å². The van der Waals surface area contributed by atoms with Gasteiger partial charge in [-0.15, -0.1) is 0 Å². The monoisotopic (exact) mass is 284 g/mol. The van der Waals surface area contributed by atoms with Gasteiger partial charge in [-0.25, -0.2) is 0 Å². The molecule has 0 spiro atoms. The van der Waals surface area contributed by atoms with Crippen LogP contribution in [0, 0.1) is 5.92 Å². The van der Waals surface area contributed by atoms with Gasteiger partial charge >= 0.3 is 0 Å². The number of nitrogens with one attached hydrogen (secondary N) is 1. The molecule has 20 heavy (non-hydrogen) atoms. The lowest BCUT2D eigenvalue weighted by Gasteiger charge is -2.44. The Bertz CT molecular complexity index is 278. The van der Waals surface area contributed by atoms with Gasteiger partial charge in [-0.05, 0) is 58.0 Å². The van der Waals surface area contributed by atoms with Crippen molar-refractivity contribution in [2.75, 3.05) is 40.0 Å². The van der Waals surface area contributed by atoms with Gasteiger partial charge in [-0.2, -0.15) is 0 Å². The molecule has 3 unspecified atom stereocenters. The first kappa shape index (κ1) is 16.2. The minimum atomic E-state index is -0.0466. The topological polar surface area (TPSA) is 44.7 Å². The lowest BCUT2D eigenvalue weighted by Crippen LogP contribution is -2.55. The molecule has 1 aliphatic heterocycles. The summed E-state index contributed by atoms with van der Waals surface area (Å²) in [7, 11) is 2.25. The van der Waals surface area contributed by atoms with Crippen LogP contribution in [0.4, 0.5) is 0 Å². The molecule has 118 valence electrons. The van der Waals surface area contributed by atoms with Crippen LogP contribution in [0.15, 0.2) is 0 Å². The van der Waals surface area contributed by atoms with Gasteiger partial charge in [0.1, 0.15) is 0 Å². The smallest absolute Gasteiger partial charge is 0.0613 e. The summed E-state index contributed by atoms with van der Waals surface area (Å²) >= 11 is 0. The number of aliphatic hydroxyl groups excluding tert-OH is 1. The fraction of sp³-hybridized carbons (Fsp3) is 1.00. The Morgan fingerprint density at radius 2 is 2.20 bits per heavy atom. The third-order valence-electron chi connectivity index (χ3n) is 5.10. The molecular weight excluding hydrogens is 252 g/mol. The van der Waals surface area contributed by atoms with Crippen molar-refractivity contribution < 1.29 is 9.84 Å². The van der Waals surface area contributed by atoms with Crippen LogP contribution in [-0.2, 0) is 4.74 Å². The van der Waals surface area contributed by atoms with Gasteiger partial charge in [-0.3, -0.25) is 0 Å². The van der Waals surface area contributed by atoms with E-state index in [0.717, 1.165) is 39.1 Å². The van der Waals surface area contributed by atoms with E-state index in [1.165, 1.54) is 25.7 Å². The summed E-state index contributed by atoms with van der Waals surface area (Å²) in [4.78, 5) is 2.51. The Labute approximate surface area is 123 Å². The summed E-state index contributed by atoms with van der Waals surface area (Å²) in [6, 6.07) is 0.594. The highest BCUT2D eigenvalue weighted by Crippen LogP contribution is 2.31. The molecule has 0 aromatic heterocycles. The third-order valence-corrected chi connectivity index (χ3v) is 5.10. The Balaban J connectivity index is 1.86. The number of aliphatic hydroxyl groups is 1. The number of ether oxygens (including phenoxy) is 1. The predicted molar refractivity (Wildman–Crippen MR) is 81.9 cm³/mol. The van der Waals surface area contributed by atoms with E-state index in [1.54, 1.807) is 0 Å². The number of hydrogen-bond acceptors (Lipinski definition) is 4. The molecule has 1 aliphatic carbocycles. The maximum atomic E-state index is 9.79. The molecule has 2 rings (SSSR count). The first-order valence-electron chi connectivity index (χ1n) is 8.33. The average molecular weight is 284 g/mol. The van der Waals surface area contributed by atoms with E-state index in [9.17, 15) is 5.11 Å². The molecule has 2 fully saturated rings. The summed E-state index contributed by atoms with van der Waals surface area (Å²) in [5.74, 6) is 0.693. The van der Waals surface area contributed by atoms with Crippen molar-refractivity contribution in [2.24, 2.45) is 5.92 Å². The maximum absolute atomic E-state index is 9.79. The van der Waals surface area contributed by atoms with Gasteiger partial charge < -0.3 is 20.1 Å². The largest absolute Gasteiger partial charge is 0.394 e. The van der Waals surface area contributed by atoms with Crippen molar-refractivity contribution in [3.05, 3.63) is 0 Å². The summed E-state index contributed by atoms with van der Waals surface area (Å²) in [5.41, 5.74) is -0.0466. The minimum absolute atomic E-state index is 0.0466. The molecular formula is C16H32N2O2. The van der Waals surface area contributed by atoms with Gasteiger partial charge in [0.2, 0.25) is 0 Å². The van der Waals surface area contributed by atoms with Crippen molar-refractivity contribution in [3.63, 3.8) is 0 Å². The van der Waals surface area contributed by atoms with Crippen molar-refractivity contribution in [3.8, 4) is 0 Å². The van der Waals surface area contributed by atoms with E-state index in [0.29, 0.717) is 12.0 Å². The average Bonchev–Trinajstić information content (AvgIpc) is 2.49. The third kappa shape index (κ3) is 4.17. The highest BCUT2D eigenvalue weighted by atomic mass is 16.5. The van der Waals surface area contributed by atoms with Crippen molar-refractivity contribution in [2.45, 2.75) is 57.0 Å². The molecule has 0 radical (unpaired) electrons. The zero-order valence-electron chi connectivity index (χ0n) is 13.2. The zero-order valence-corrected chi connectivity index (χ0v) is 13.2. The second kappa shape index (κ2) is 7.74. The summed E-state index contributed by atoms with van der Waals surface area (Å²) in [6.45, 7) is 6.33. The Morgan fingerprint density at radius 1 is 1.35 bits per heavy atom. The summed E-state index contributed by atoms with van der Waals surface area (Å²) in [5, 5.41) is 13.3. The van der Waals surface area contributed by atoms with Crippen LogP contribution < -0.4 is 5.32 Å². The molecule has 0 amide bonds. The molecule has 2 N–H and O–H groups in total. The molecule has 1 saturated carbocycles. The fourth-order valence-electron chi connectivity index (χ4n) is 3.95. The highest BCUT2D eigenvalue weighted by molar-refractivity contribution is 4.96. The lowest BCUT2D eigenvalue weighted by molar-refractivity contribution is 0.0214. The molecule has 3 atom stereocenters. The fourth-order valence-corrected chi connectivity index (χ4v) is 3.95. The SMILES string of the molecule is CCNC1(CO)CCCC(N(C)CC2CCCOC2)C1. The minimum Gasteiger partial charge on any atom is -0.394 e. The van der Waals surface area contributed by atoms with E-state index in [2.05, 4.69) is 24.2 Å². The van der Waals surface area contributed by atoms with Gasteiger partial charge in [-0.1, -0.05) is 6.92 Å². The molecule has 1 heterocycles. The van der Waals surface area contributed by atoms with E-state index < -0.39 is 0 Å². The normalized spacial score (nSPS) is 35.4. The van der Waals surface area contributed by atoms with E-state index in [1.807, 2.05) is 0 Å². The van der Waals surface area contributed by atoms with Crippen LogP contribution in [0.2, 0.25) is 0 Å². The van der Waals surface area contributed by atoms with E-state index >= 15 is 0 Å². The first-order chi connectivity index (χ1) is 9.69. The van der Waals surface area contributed by atoms with Gasteiger partial charge in [0.05, 0.1) is 13.2 Å². The number of likely N-dealkylation sites (N-methyl/N-ethyl adjacent to an activating group) is 1. The van der Waals surface area contributed by atoms with Gasteiger partial charge in [0.25, 0.3) is 0 Å². The van der Waals surface area contributed by atoms with Crippen molar-refractivity contribution in [1.29, 1.82) is 0 Å². The maximum Gasteiger partial charge on any atom is 0.0613 e. The van der Waals surface area contributed by atoms with Crippen LogP contribution in [0.1, 0.15) is 45.4 Å². The molecule has 0 aromatic rings. The molecule has 1 saturated heterocycles. The molecule has 4 heteroatoms. The van der Waals surface area contributed by atoms with Crippen LogP contribution >= 0.6 is 0 Å². The van der Waals surface area contributed by atoms with Gasteiger partial charge in [0.15, 0.2) is 0 Å². The van der Waals surface area contributed by atoms with Crippen LogP contribution in [0.5, 0.6) is 0 Å².